The number of benzene rings is 4. The Hall–Kier alpha value is -5.13. The molecule has 1 saturated heterocycles. The van der Waals surface area contributed by atoms with E-state index in [9.17, 15) is 18.8 Å². The second-order valence-corrected chi connectivity index (χ2v) is 10.8. The average molecular weight is 597 g/mol. The van der Waals surface area contributed by atoms with Crippen molar-refractivity contribution in [2.75, 3.05) is 22.6 Å². The second kappa shape index (κ2) is 12.0. The number of thiazole rings is 1. The van der Waals surface area contributed by atoms with Crippen molar-refractivity contribution in [3.05, 3.63) is 114 Å². The highest BCUT2D eigenvalue weighted by atomic mass is 32.1. The molecule has 11 heteroatoms. The third-order valence-electron chi connectivity index (χ3n) is 6.81. The molecule has 1 aliphatic heterocycles. The maximum atomic E-state index is 13.6. The standard InChI is InChI=1S/C32H25FN4O5S/c1-41-24-6-4-5-22(17-24)34-30(39)27-28(42-27)31(40)37(18-19-9-13-21(33)14-10-19)23-15-11-20(12-16-23)29(38)36-32-35-25-7-2-3-8-26(25)43-32/h2-17,27-28H,18H2,1H3,(H,34,39)(H,35,36,38)/t27-,28-/m0/s1. The largest absolute Gasteiger partial charge is 0.497 e. The van der Waals surface area contributed by atoms with Crippen molar-refractivity contribution < 1.29 is 28.2 Å². The number of methoxy groups -OCH3 is 1. The van der Waals surface area contributed by atoms with Gasteiger partial charge < -0.3 is 19.7 Å². The molecule has 1 aromatic heterocycles. The number of amides is 3. The molecule has 0 spiro atoms. The molecule has 2 N–H and O–H groups in total. The molecular formula is C32H25FN4O5S. The van der Waals surface area contributed by atoms with Gasteiger partial charge in [0.2, 0.25) is 0 Å². The molecule has 0 radical (unpaired) electrons. The van der Waals surface area contributed by atoms with Crippen LogP contribution in [0.5, 0.6) is 5.75 Å². The number of para-hydroxylation sites is 1. The number of aromatic nitrogens is 1. The summed E-state index contributed by atoms with van der Waals surface area (Å²) in [5.41, 5.74) is 2.83. The van der Waals surface area contributed by atoms with Crippen molar-refractivity contribution in [2.45, 2.75) is 18.8 Å². The third-order valence-corrected chi connectivity index (χ3v) is 7.76. The Morgan fingerprint density at radius 1 is 0.930 bits per heavy atom. The molecule has 0 aliphatic carbocycles. The molecule has 3 amide bonds. The highest BCUT2D eigenvalue weighted by Gasteiger charge is 2.52. The van der Waals surface area contributed by atoms with Crippen LogP contribution in [-0.4, -0.2) is 42.0 Å². The quantitative estimate of drug-likeness (QED) is 0.213. The van der Waals surface area contributed by atoms with Crippen molar-refractivity contribution in [2.24, 2.45) is 0 Å². The lowest BCUT2D eigenvalue weighted by Crippen LogP contribution is -2.36. The summed E-state index contributed by atoms with van der Waals surface area (Å²) < 4.78 is 25.2. The minimum Gasteiger partial charge on any atom is -0.497 e. The molecule has 216 valence electrons. The van der Waals surface area contributed by atoms with Gasteiger partial charge in [-0.05, 0) is 66.2 Å². The number of halogens is 1. The Balaban J connectivity index is 1.18. The predicted molar refractivity (Wildman–Crippen MR) is 162 cm³/mol. The zero-order chi connectivity index (χ0) is 29.9. The van der Waals surface area contributed by atoms with Crippen molar-refractivity contribution in [1.82, 2.24) is 4.98 Å². The summed E-state index contributed by atoms with van der Waals surface area (Å²) in [5, 5.41) is 6.04. The van der Waals surface area contributed by atoms with E-state index < -0.39 is 29.8 Å². The van der Waals surface area contributed by atoms with Gasteiger partial charge in [-0.3, -0.25) is 19.7 Å². The molecule has 0 unspecified atom stereocenters. The zero-order valence-electron chi connectivity index (χ0n) is 22.8. The van der Waals surface area contributed by atoms with E-state index in [1.165, 1.54) is 35.5 Å². The van der Waals surface area contributed by atoms with Crippen LogP contribution >= 0.6 is 11.3 Å². The van der Waals surface area contributed by atoms with Crippen molar-refractivity contribution in [1.29, 1.82) is 0 Å². The van der Waals surface area contributed by atoms with Gasteiger partial charge in [0, 0.05) is 23.0 Å². The van der Waals surface area contributed by atoms with Crippen LogP contribution in [0.2, 0.25) is 0 Å². The summed E-state index contributed by atoms with van der Waals surface area (Å²) in [7, 11) is 1.52. The van der Waals surface area contributed by atoms with Crippen molar-refractivity contribution in [3.8, 4) is 5.75 Å². The van der Waals surface area contributed by atoms with Crippen LogP contribution in [0.3, 0.4) is 0 Å². The molecule has 2 heterocycles. The van der Waals surface area contributed by atoms with E-state index in [0.29, 0.717) is 33.4 Å². The first-order chi connectivity index (χ1) is 20.9. The molecule has 9 nitrogen and oxygen atoms in total. The summed E-state index contributed by atoms with van der Waals surface area (Å²) in [5.74, 6) is -1.08. The summed E-state index contributed by atoms with van der Waals surface area (Å²) in [6, 6.07) is 26.7. The Kier molecular flexibility index (Phi) is 7.82. The number of rotatable bonds is 9. The summed E-state index contributed by atoms with van der Waals surface area (Å²) in [6.07, 6.45) is -1.98. The first-order valence-corrected chi connectivity index (χ1v) is 14.1. The van der Waals surface area contributed by atoms with Crippen molar-refractivity contribution >= 4 is 55.8 Å². The first kappa shape index (κ1) is 28.0. The minimum absolute atomic E-state index is 0.0977. The fourth-order valence-corrected chi connectivity index (χ4v) is 5.38. The lowest BCUT2D eigenvalue weighted by molar-refractivity contribution is -0.120. The van der Waals surface area contributed by atoms with Crippen LogP contribution in [0.15, 0.2) is 97.1 Å². The van der Waals surface area contributed by atoms with Crippen LogP contribution < -0.4 is 20.3 Å². The number of epoxide rings is 1. The fourth-order valence-electron chi connectivity index (χ4n) is 4.52. The van der Waals surface area contributed by atoms with Crippen LogP contribution in [0, 0.1) is 5.82 Å². The van der Waals surface area contributed by atoms with E-state index in [-0.39, 0.29) is 12.5 Å². The van der Waals surface area contributed by atoms with Gasteiger partial charge >= 0.3 is 0 Å². The lowest BCUT2D eigenvalue weighted by atomic mass is 10.1. The van der Waals surface area contributed by atoms with E-state index in [4.69, 9.17) is 9.47 Å². The van der Waals surface area contributed by atoms with Gasteiger partial charge in [0.15, 0.2) is 17.3 Å². The SMILES string of the molecule is COc1cccc(NC(=O)[C@H]2O[C@@H]2C(=O)N(Cc2ccc(F)cc2)c2ccc(C(=O)Nc3nc4ccccc4s3)cc2)c1. The van der Waals surface area contributed by atoms with E-state index in [1.807, 2.05) is 24.3 Å². The summed E-state index contributed by atoms with van der Waals surface area (Å²) in [6.45, 7) is 0.0977. The van der Waals surface area contributed by atoms with Crippen molar-refractivity contribution in [3.63, 3.8) is 0 Å². The smallest absolute Gasteiger partial charge is 0.259 e. The van der Waals surface area contributed by atoms with E-state index in [1.54, 1.807) is 60.7 Å². The molecule has 1 fully saturated rings. The van der Waals surface area contributed by atoms with Crippen LogP contribution in [0.4, 0.5) is 20.9 Å². The Labute approximate surface area is 249 Å². The van der Waals surface area contributed by atoms with E-state index in [2.05, 4.69) is 15.6 Å². The number of anilines is 3. The van der Waals surface area contributed by atoms with Crippen LogP contribution in [0.25, 0.3) is 10.2 Å². The average Bonchev–Trinajstić information content (AvgIpc) is 3.73. The highest BCUT2D eigenvalue weighted by Crippen LogP contribution is 2.31. The number of fused-ring (bicyclic) bond motifs is 1. The van der Waals surface area contributed by atoms with Gasteiger partial charge in [-0.25, -0.2) is 9.37 Å². The van der Waals surface area contributed by atoms with Crippen LogP contribution in [0.1, 0.15) is 15.9 Å². The summed E-state index contributed by atoms with van der Waals surface area (Å²) in [4.78, 5) is 45.3. The van der Waals surface area contributed by atoms with Gasteiger partial charge in [-0.15, -0.1) is 0 Å². The van der Waals surface area contributed by atoms with Gasteiger partial charge in [-0.2, -0.15) is 0 Å². The number of nitrogens with one attached hydrogen (secondary N) is 2. The number of nitrogens with zero attached hydrogens (tertiary/aromatic N) is 2. The third kappa shape index (κ3) is 6.37. The molecule has 4 aromatic carbocycles. The molecule has 0 saturated carbocycles. The minimum atomic E-state index is -1.01. The van der Waals surface area contributed by atoms with Crippen LogP contribution in [-0.2, 0) is 20.9 Å². The number of carbonyl (C=O) groups excluding carboxylic acids is 3. The molecule has 6 rings (SSSR count). The molecule has 1 aliphatic rings. The highest BCUT2D eigenvalue weighted by molar-refractivity contribution is 7.22. The normalized spacial score (nSPS) is 15.5. The topological polar surface area (TPSA) is 113 Å². The first-order valence-electron chi connectivity index (χ1n) is 13.3. The number of ether oxygens (including phenoxy) is 2. The monoisotopic (exact) mass is 596 g/mol. The summed E-state index contributed by atoms with van der Waals surface area (Å²) >= 11 is 1.37. The lowest BCUT2D eigenvalue weighted by Gasteiger charge is -2.23. The Morgan fingerprint density at radius 2 is 1.70 bits per heavy atom. The van der Waals surface area contributed by atoms with Gasteiger partial charge in [0.25, 0.3) is 17.7 Å². The zero-order valence-corrected chi connectivity index (χ0v) is 23.6. The maximum Gasteiger partial charge on any atom is 0.259 e. The molecular weight excluding hydrogens is 571 g/mol. The maximum absolute atomic E-state index is 13.6. The number of hydrogen-bond donors (Lipinski definition) is 2. The predicted octanol–water partition coefficient (Wildman–Crippen LogP) is 5.64. The molecule has 0 bridgehead atoms. The Bertz CT molecular complexity index is 1780. The van der Waals surface area contributed by atoms with Gasteiger partial charge in [0.1, 0.15) is 11.6 Å². The number of hydrogen-bond acceptors (Lipinski definition) is 7. The molecule has 5 aromatic rings. The number of carbonyl (C=O) groups is 3. The molecule has 43 heavy (non-hydrogen) atoms. The van der Waals surface area contributed by atoms with E-state index >= 15 is 0 Å². The Morgan fingerprint density at radius 3 is 2.44 bits per heavy atom. The van der Waals surface area contributed by atoms with E-state index in [0.717, 1.165) is 10.2 Å². The molecule has 2 atom stereocenters. The fraction of sp³-hybridized carbons (Fsp3) is 0.125. The van der Waals surface area contributed by atoms with Gasteiger partial charge in [-0.1, -0.05) is 41.7 Å². The van der Waals surface area contributed by atoms with Gasteiger partial charge in [0.05, 0.1) is 23.9 Å². The second-order valence-electron chi connectivity index (χ2n) is 9.74.